The van der Waals surface area contributed by atoms with E-state index < -0.39 is 0 Å². The zero-order valence-corrected chi connectivity index (χ0v) is 17.4. The predicted octanol–water partition coefficient (Wildman–Crippen LogP) is 3.93. The monoisotopic (exact) mass is 402 g/mol. The first-order valence-electron chi connectivity index (χ1n) is 9.06. The molecule has 0 bridgehead atoms. The lowest BCUT2D eigenvalue weighted by Crippen LogP contribution is -2.39. The van der Waals surface area contributed by atoms with Crippen molar-refractivity contribution in [2.75, 3.05) is 25.6 Å². The molecule has 0 aliphatic carbocycles. The fraction of sp³-hybridized carbons (Fsp3) is 0.333. The van der Waals surface area contributed by atoms with Gasteiger partial charge in [0.25, 0.3) is 0 Å². The average molecular weight is 403 g/mol. The number of hydrogen-bond donors (Lipinski definition) is 2. The van der Waals surface area contributed by atoms with Crippen molar-refractivity contribution in [3.05, 3.63) is 53.6 Å². The number of carbonyl (C=O) groups is 1. The van der Waals surface area contributed by atoms with E-state index in [-0.39, 0.29) is 12.0 Å². The van der Waals surface area contributed by atoms with Crippen molar-refractivity contribution in [2.45, 2.75) is 26.8 Å². The number of esters is 1. The molecule has 0 aliphatic rings. The van der Waals surface area contributed by atoms with Crippen molar-refractivity contribution in [3.8, 4) is 11.5 Å². The number of ether oxygens (including phenoxy) is 3. The fourth-order valence-electron chi connectivity index (χ4n) is 2.58. The minimum Gasteiger partial charge on any atom is -0.493 e. The van der Waals surface area contributed by atoms with Gasteiger partial charge in [0.1, 0.15) is 6.61 Å². The van der Waals surface area contributed by atoms with Crippen LogP contribution >= 0.6 is 12.2 Å². The molecule has 2 rings (SSSR count). The van der Waals surface area contributed by atoms with Gasteiger partial charge in [0.2, 0.25) is 0 Å². The summed E-state index contributed by atoms with van der Waals surface area (Å²) in [4.78, 5) is 12.0. The van der Waals surface area contributed by atoms with E-state index in [0.717, 1.165) is 11.3 Å². The van der Waals surface area contributed by atoms with Gasteiger partial charge in [-0.3, -0.25) is 0 Å². The first-order valence-corrected chi connectivity index (χ1v) is 9.47. The molecular weight excluding hydrogens is 376 g/mol. The van der Waals surface area contributed by atoms with E-state index in [1.54, 1.807) is 26.2 Å². The maximum Gasteiger partial charge on any atom is 0.338 e. The number of methoxy groups -OCH3 is 1. The zero-order chi connectivity index (χ0) is 20.5. The smallest absolute Gasteiger partial charge is 0.338 e. The number of hydrogen-bond acceptors (Lipinski definition) is 5. The molecule has 7 heteroatoms. The van der Waals surface area contributed by atoms with Gasteiger partial charge < -0.3 is 24.8 Å². The molecule has 2 aromatic rings. The standard InChI is InChI=1S/C21H26N2O4S/c1-5-26-20(24)16-9-8-10-17(15(16)3)23-21(28)22-14(2)13-27-19-12-7-6-11-18(19)25-4/h6-12,14H,5,13H2,1-4H3,(H2,22,23,28)/t14-/m0/s1. The van der Waals surface area contributed by atoms with Gasteiger partial charge >= 0.3 is 5.97 Å². The van der Waals surface area contributed by atoms with Gasteiger partial charge in [-0.15, -0.1) is 0 Å². The van der Waals surface area contributed by atoms with Crippen LogP contribution in [-0.2, 0) is 4.74 Å². The van der Waals surface area contributed by atoms with Gasteiger partial charge in [0.15, 0.2) is 16.6 Å². The second-order valence-corrected chi connectivity index (χ2v) is 6.57. The zero-order valence-electron chi connectivity index (χ0n) is 16.6. The Labute approximate surface area is 171 Å². The van der Waals surface area contributed by atoms with Gasteiger partial charge in [-0.05, 0) is 62.8 Å². The molecular formula is C21H26N2O4S. The second kappa shape index (κ2) is 10.5. The van der Waals surface area contributed by atoms with Crippen LogP contribution in [0.1, 0.15) is 29.8 Å². The van der Waals surface area contributed by atoms with E-state index in [2.05, 4.69) is 10.6 Å². The topological polar surface area (TPSA) is 68.8 Å². The number of nitrogens with one attached hydrogen (secondary N) is 2. The molecule has 0 saturated heterocycles. The highest BCUT2D eigenvalue weighted by Crippen LogP contribution is 2.25. The lowest BCUT2D eigenvalue weighted by Gasteiger charge is -2.19. The van der Waals surface area contributed by atoms with Crippen LogP contribution in [0.5, 0.6) is 11.5 Å². The number of carbonyl (C=O) groups excluding carboxylic acids is 1. The van der Waals surface area contributed by atoms with Gasteiger partial charge in [-0.2, -0.15) is 0 Å². The number of benzene rings is 2. The summed E-state index contributed by atoms with van der Waals surface area (Å²) in [5.74, 6) is 1.01. The Morgan fingerprint density at radius 1 is 1.14 bits per heavy atom. The number of para-hydroxylation sites is 2. The molecule has 2 aromatic carbocycles. The summed E-state index contributed by atoms with van der Waals surface area (Å²) >= 11 is 5.39. The van der Waals surface area contributed by atoms with Gasteiger partial charge in [0, 0.05) is 5.69 Å². The van der Waals surface area contributed by atoms with Crippen LogP contribution in [-0.4, -0.2) is 37.4 Å². The van der Waals surface area contributed by atoms with Crippen molar-refractivity contribution in [1.82, 2.24) is 5.32 Å². The SMILES string of the molecule is CCOC(=O)c1cccc(NC(=S)N[C@@H](C)COc2ccccc2OC)c1C. The minimum atomic E-state index is -0.346. The van der Waals surface area contributed by atoms with E-state index in [0.29, 0.717) is 35.4 Å². The molecule has 2 N–H and O–H groups in total. The highest BCUT2D eigenvalue weighted by atomic mass is 32.1. The third kappa shape index (κ3) is 5.85. The molecule has 0 fully saturated rings. The molecule has 0 aromatic heterocycles. The van der Waals surface area contributed by atoms with Crippen LogP contribution in [0.4, 0.5) is 5.69 Å². The number of anilines is 1. The Morgan fingerprint density at radius 2 is 1.86 bits per heavy atom. The minimum absolute atomic E-state index is 0.0431. The van der Waals surface area contributed by atoms with Crippen molar-refractivity contribution >= 4 is 29.0 Å². The highest BCUT2D eigenvalue weighted by molar-refractivity contribution is 7.80. The third-order valence-corrected chi connectivity index (χ3v) is 4.23. The fourth-order valence-corrected chi connectivity index (χ4v) is 2.89. The molecule has 0 aliphatic heterocycles. The second-order valence-electron chi connectivity index (χ2n) is 6.16. The quantitative estimate of drug-likeness (QED) is 0.512. The van der Waals surface area contributed by atoms with Gasteiger partial charge in [-0.25, -0.2) is 4.79 Å². The molecule has 0 amide bonds. The van der Waals surface area contributed by atoms with E-state index >= 15 is 0 Å². The first-order chi connectivity index (χ1) is 13.5. The molecule has 28 heavy (non-hydrogen) atoms. The number of thiocarbonyl (C=S) groups is 1. The van der Waals surface area contributed by atoms with Crippen LogP contribution < -0.4 is 20.1 Å². The molecule has 0 saturated carbocycles. The number of rotatable bonds is 8. The Bertz CT molecular complexity index is 826. The Morgan fingerprint density at radius 3 is 2.54 bits per heavy atom. The molecule has 0 radical (unpaired) electrons. The normalized spacial score (nSPS) is 11.3. The molecule has 0 spiro atoms. The lowest BCUT2D eigenvalue weighted by molar-refractivity contribution is 0.0525. The van der Waals surface area contributed by atoms with Gasteiger partial charge in [-0.1, -0.05) is 18.2 Å². The summed E-state index contributed by atoms with van der Waals surface area (Å²) in [5.41, 5.74) is 2.05. The maximum absolute atomic E-state index is 12.0. The molecule has 1 atom stereocenters. The lowest BCUT2D eigenvalue weighted by atomic mass is 10.1. The summed E-state index contributed by atoms with van der Waals surface area (Å²) in [6.45, 7) is 6.34. The maximum atomic E-state index is 12.0. The summed E-state index contributed by atoms with van der Waals surface area (Å²) in [6.07, 6.45) is 0. The highest BCUT2D eigenvalue weighted by Gasteiger charge is 2.14. The molecule has 0 unspecified atom stereocenters. The summed E-state index contributed by atoms with van der Waals surface area (Å²) < 4.78 is 16.2. The molecule has 6 nitrogen and oxygen atoms in total. The van der Waals surface area contributed by atoms with Crippen molar-refractivity contribution < 1.29 is 19.0 Å². The van der Waals surface area contributed by atoms with Gasteiger partial charge in [0.05, 0.1) is 25.3 Å². The van der Waals surface area contributed by atoms with Crippen molar-refractivity contribution in [3.63, 3.8) is 0 Å². The third-order valence-electron chi connectivity index (χ3n) is 4.01. The Balaban J connectivity index is 1.93. The van der Waals surface area contributed by atoms with Crippen LogP contribution in [0.2, 0.25) is 0 Å². The first kappa shape index (κ1) is 21.5. The van der Waals surface area contributed by atoms with E-state index in [4.69, 9.17) is 26.4 Å². The summed E-state index contributed by atoms with van der Waals surface area (Å²) in [7, 11) is 1.61. The van der Waals surface area contributed by atoms with E-state index in [1.807, 2.05) is 44.2 Å². The van der Waals surface area contributed by atoms with Crippen LogP contribution in [0.15, 0.2) is 42.5 Å². The van der Waals surface area contributed by atoms with Crippen LogP contribution in [0, 0.1) is 6.92 Å². The van der Waals surface area contributed by atoms with E-state index in [9.17, 15) is 4.79 Å². The largest absolute Gasteiger partial charge is 0.493 e. The summed E-state index contributed by atoms with van der Waals surface area (Å²) in [6, 6.07) is 12.8. The Hall–Kier alpha value is -2.80. The molecule has 150 valence electrons. The average Bonchev–Trinajstić information content (AvgIpc) is 2.68. The van der Waals surface area contributed by atoms with Crippen molar-refractivity contribution in [2.24, 2.45) is 0 Å². The van der Waals surface area contributed by atoms with Crippen molar-refractivity contribution in [1.29, 1.82) is 0 Å². The summed E-state index contributed by atoms with van der Waals surface area (Å²) in [5, 5.41) is 6.75. The Kier molecular flexibility index (Phi) is 8.07. The van der Waals surface area contributed by atoms with Crippen LogP contribution in [0.25, 0.3) is 0 Å². The predicted molar refractivity (Wildman–Crippen MR) is 114 cm³/mol. The van der Waals surface area contributed by atoms with Crippen LogP contribution in [0.3, 0.4) is 0 Å². The molecule has 0 heterocycles. The van der Waals surface area contributed by atoms with E-state index in [1.165, 1.54) is 0 Å².